The molecule has 0 aliphatic carbocycles. The van der Waals surface area contributed by atoms with Crippen molar-refractivity contribution in [2.75, 3.05) is 11.4 Å². The van der Waals surface area contributed by atoms with Crippen molar-refractivity contribution >= 4 is 11.5 Å². The largest absolute Gasteiger partial charge is 0.487 e. The van der Waals surface area contributed by atoms with Crippen LogP contribution >= 0.6 is 0 Å². The lowest BCUT2D eigenvalue weighted by Crippen LogP contribution is -2.46. The van der Waals surface area contributed by atoms with E-state index in [1.54, 1.807) is 6.92 Å². The summed E-state index contributed by atoms with van der Waals surface area (Å²) in [5.74, 6) is 0.989. The Labute approximate surface area is 108 Å². The molecule has 0 saturated heterocycles. The van der Waals surface area contributed by atoms with E-state index in [4.69, 9.17) is 10.5 Å². The van der Waals surface area contributed by atoms with E-state index in [1.807, 2.05) is 32.0 Å². The summed E-state index contributed by atoms with van der Waals surface area (Å²) in [6, 6.07) is 5.81. The second-order valence-electron chi connectivity index (χ2n) is 4.87. The maximum Gasteiger partial charge on any atom is 0.151 e. The first kappa shape index (κ1) is 12.9. The zero-order valence-electron chi connectivity index (χ0n) is 11.1. The van der Waals surface area contributed by atoms with Gasteiger partial charge in [-0.1, -0.05) is 6.07 Å². The number of nitrogens with zero attached hydrogens (tertiary/aromatic N) is 1. The predicted octanol–water partition coefficient (Wildman–Crippen LogP) is 1.71. The van der Waals surface area contributed by atoms with Gasteiger partial charge < -0.3 is 15.4 Å². The van der Waals surface area contributed by atoms with Gasteiger partial charge in [0.1, 0.15) is 11.9 Å². The second kappa shape index (κ2) is 4.98. The van der Waals surface area contributed by atoms with Crippen molar-refractivity contribution in [2.24, 2.45) is 5.73 Å². The van der Waals surface area contributed by atoms with Crippen LogP contribution in [0.4, 0.5) is 5.69 Å². The third kappa shape index (κ3) is 2.34. The summed E-state index contributed by atoms with van der Waals surface area (Å²) >= 11 is 0. The van der Waals surface area contributed by atoms with Crippen LogP contribution in [0.15, 0.2) is 18.2 Å². The number of fused-ring (bicyclic) bond motifs is 1. The van der Waals surface area contributed by atoms with E-state index >= 15 is 0 Å². The molecular formula is C14H20N2O2. The molecule has 4 nitrogen and oxygen atoms in total. The third-order valence-electron chi connectivity index (χ3n) is 3.41. The summed E-state index contributed by atoms with van der Waals surface area (Å²) in [5, 5.41) is 0. The van der Waals surface area contributed by atoms with Crippen LogP contribution in [0.5, 0.6) is 5.75 Å². The number of hydrogen-bond donors (Lipinski definition) is 1. The SMILES string of the molecule is CC(=O)C(C)N1CC(C)Oc2cc(CN)ccc21. The average molecular weight is 248 g/mol. The number of carbonyl (C=O) groups excluding carboxylic acids is 1. The molecular weight excluding hydrogens is 228 g/mol. The van der Waals surface area contributed by atoms with E-state index in [-0.39, 0.29) is 17.9 Å². The lowest BCUT2D eigenvalue weighted by Gasteiger charge is -2.38. The van der Waals surface area contributed by atoms with E-state index < -0.39 is 0 Å². The number of Topliss-reactive ketones (excluding diaryl/α,β-unsaturated/α-hetero) is 1. The monoisotopic (exact) mass is 248 g/mol. The molecule has 0 aromatic heterocycles. The molecule has 98 valence electrons. The quantitative estimate of drug-likeness (QED) is 0.884. The van der Waals surface area contributed by atoms with Gasteiger partial charge in [0.25, 0.3) is 0 Å². The van der Waals surface area contributed by atoms with E-state index in [1.165, 1.54) is 0 Å². The van der Waals surface area contributed by atoms with Gasteiger partial charge in [-0.25, -0.2) is 0 Å². The van der Waals surface area contributed by atoms with Gasteiger partial charge in [0.2, 0.25) is 0 Å². The van der Waals surface area contributed by atoms with Crippen molar-refractivity contribution in [2.45, 2.75) is 39.5 Å². The van der Waals surface area contributed by atoms with Crippen LogP contribution in [0.3, 0.4) is 0 Å². The first-order valence-corrected chi connectivity index (χ1v) is 6.29. The Morgan fingerprint density at radius 3 is 2.94 bits per heavy atom. The minimum absolute atomic E-state index is 0.0762. The lowest BCUT2D eigenvalue weighted by atomic mass is 10.1. The Balaban J connectivity index is 2.39. The van der Waals surface area contributed by atoms with Crippen LogP contribution in [0.1, 0.15) is 26.3 Å². The summed E-state index contributed by atoms with van der Waals surface area (Å²) < 4.78 is 5.83. The zero-order chi connectivity index (χ0) is 13.3. The minimum Gasteiger partial charge on any atom is -0.487 e. The van der Waals surface area contributed by atoms with Gasteiger partial charge >= 0.3 is 0 Å². The highest BCUT2D eigenvalue weighted by Gasteiger charge is 2.28. The van der Waals surface area contributed by atoms with Crippen molar-refractivity contribution in [3.05, 3.63) is 23.8 Å². The molecule has 2 rings (SSSR count). The highest BCUT2D eigenvalue weighted by atomic mass is 16.5. The Morgan fingerprint density at radius 1 is 1.61 bits per heavy atom. The van der Waals surface area contributed by atoms with E-state index in [2.05, 4.69) is 4.90 Å². The first-order valence-electron chi connectivity index (χ1n) is 6.29. The fourth-order valence-corrected chi connectivity index (χ4v) is 2.23. The zero-order valence-corrected chi connectivity index (χ0v) is 11.1. The molecule has 4 heteroatoms. The molecule has 1 heterocycles. The molecule has 1 aromatic rings. The number of anilines is 1. The van der Waals surface area contributed by atoms with E-state index in [9.17, 15) is 4.79 Å². The Bertz CT molecular complexity index is 459. The smallest absolute Gasteiger partial charge is 0.151 e. The topological polar surface area (TPSA) is 55.6 Å². The summed E-state index contributed by atoms with van der Waals surface area (Å²) in [7, 11) is 0. The molecule has 0 saturated carbocycles. The number of carbonyl (C=O) groups is 1. The van der Waals surface area contributed by atoms with Crippen LogP contribution in [0.25, 0.3) is 0 Å². The number of benzene rings is 1. The predicted molar refractivity (Wildman–Crippen MR) is 71.9 cm³/mol. The van der Waals surface area contributed by atoms with Crippen molar-refractivity contribution in [1.82, 2.24) is 0 Å². The third-order valence-corrected chi connectivity index (χ3v) is 3.41. The number of hydrogen-bond acceptors (Lipinski definition) is 4. The highest BCUT2D eigenvalue weighted by molar-refractivity contribution is 5.85. The van der Waals surface area contributed by atoms with Crippen molar-refractivity contribution in [1.29, 1.82) is 0 Å². The molecule has 2 unspecified atom stereocenters. The Kier molecular flexibility index (Phi) is 3.57. The molecule has 1 aliphatic heterocycles. The van der Waals surface area contributed by atoms with Crippen molar-refractivity contribution < 1.29 is 9.53 Å². The van der Waals surface area contributed by atoms with Gasteiger partial charge in [-0.2, -0.15) is 0 Å². The average Bonchev–Trinajstić information content (AvgIpc) is 2.35. The number of rotatable bonds is 3. The van der Waals surface area contributed by atoms with Crippen LogP contribution in [-0.2, 0) is 11.3 Å². The van der Waals surface area contributed by atoms with Gasteiger partial charge in [-0.05, 0) is 38.5 Å². The molecule has 0 amide bonds. The summed E-state index contributed by atoms with van der Waals surface area (Å²) in [6.45, 7) is 6.79. The Hall–Kier alpha value is -1.55. The molecule has 2 N–H and O–H groups in total. The molecule has 0 spiro atoms. The number of ether oxygens (including phenoxy) is 1. The highest BCUT2D eigenvalue weighted by Crippen LogP contribution is 2.35. The maximum atomic E-state index is 11.6. The fraction of sp³-hybridized carbons (Fsp3) is 0.500. The van der Waals surface area contributed by atoms with Gasteiger partial charge in [-0.15, -0.1) is 0 Å². The number of ketones is 1. The fourth-order valence-electron chi connectivity index (χ4n) is 2.23. The van der Waals surface area contributed by atoms with E-state index in [0.717, 1.165) is 23.5 Å². The Morgan fingerprint density at radius 2 is 2.33 bits per heavy atom. The van der Waals surface area contributed by atoms with Crippen LogP contribution in [0, 0.1) is 0 Å². The van der Waals surface area contributed by atoms with Gasteiger partial charge in [0.05, 0.1) is 18.3 Å². The van der Waals surface area contributed by atoms with Gasteiger partial charge in [0.15, 0.2) is 5.78 Å². The van der Waals surface area contributed by atoms with E-state index in [0.29, 0.717) is 6.54 Å². The van der Waals surface area contributed by atoms with Crippen molar-refractivity contribution in [3.63, 3.8) is 0 Å². The summed E-state index contributed by atoms with van der Waals surface area (Å²) in [5.41, 5.74) is 7.66. The van der Waals surface area contributed by atoms with Gasteiger partial charge in [-0.3, -0.25) is 4.79 Å². The standard InChI is InChI=1S/C14H20N2O2/c1-9-8-16(10(2)11(3)17)13-5-4-12(7-15)6-14(13)18-9/h4-6,9-10H,7-8,15H2,1-3H3. The molecule has 0 radical (unpaired) electrons. The summed E-state index contributed by atoms with van der Waals surface area (Å²) in [4.78, 5) is 13.7. The van der Waals surface area contributed by atoms with Crippen LogP contribution < -0.4 is 15.4 Å². The number of nitrogens with two attached hydrogens (primary N) is 1. The molecule has 0 bridgehead atoms. The van der Waals surface area contributed by atoms with Crippen LogP contribution in [0.2, 0.25) is 0 Å². The van der Waals surface area contributed by atoms with Gasteiger partial charge in [0, 0.05) is 6.54 Å². The lowest BCUT2D eigenvalue weighted by molar-refractivity contribution is -0.118. The van der Waals surface area contributed by atoms with Crippen LogP contribution in [-0.4, -0.2) is 24.5 Å². The second-order valence-corrected chi connectivity index (χ2v) is 4.87. The normalized spacial score (nSPS) is 20.0. The maximum absolute atomic E-state index is 11.6. The first-order chi connectivity index (χ1) is 8.52. The summed E-state index contributed by atoms with van der Waals surface area (Å²) in [6.07, 6.45) is 0.0762. The molecule has 2 atom stereocenters. The molecule has 1 aliphatic rings. The molecule has 18 heavy (non-hydrogen) atoms. The minimum atomic E-state index is -0.126. The van der Waals surface area contributed by atoms with Crippen molar-refractivity contribution in [3.8, 4) is 5.75 Å². The molecule has 1 aromatic carbocycles. The molecule has 0 fully saturated rings.